The Morgan fingerprint density at radius 3 is 2.06 bits per heavy atom. The average molecular weight is 488 g/mol. The zero-order chi connectivity index (χ0) is 23.7. The molecule has 2 aromatic carbocycles. The van der Waals surface area contributed by atoms with E-state index >= 15 is 0 Å². The van der Waals surface area contributed by atoms with Crippen molar-refractivity contribution in [3.63, 3.8) is 0 Å². The van der Waals surface area contributed by atoms with Crippen LogP contribution in [-0.2, 0) is 15.8 Å². The van der Waals surface area contributed by atoms with Gasteiger partial charge in [0.2, 0.25) is 0 Å². The number of benzene rings is 2. The summed E-state index contributed by atoms with van der Waals surface area (Å²) in [6.45, 7) is 1.68. The SMILES string of the molecule is FC(F)(F)c1ccc(Sc2ccc(Cl)cc2)c(C2CCNCC2)c1.O=C(O)/C=C/C(=O)O. The van der Waals surface area contributed by atoms with Crippen molar-refractivity contribution >= 4 is 35.3 Å². The number of alkyl halides is 3. The fraction of sp³-hybridized carbons (Fsp3) is 0.273. The lowest BCUT2D eigenvalue weighted by molar-refractivity contribution is -0.137. The third-order valence-electron chi connectivity index (χ3n) is 4.53. The molecule has 0 aliphatic carbocycles. The summed E-state index contributed by atoms with van der Waals surface area (Å²) in [4.78, 5) is 21.0. The van der Waals surface area contributed by atoms with E-state index in [9.17, 15) is 22.8 Å². The Morgan fingerprint density at radius 1 is 1.00 bits per heavy atom. The summed E-state index contributed by atoms with van der Waals surface area (Å²) in [7, 11) is 0. The van der Waals surface area contributed by atoms with Crippen molar-refractivity contribution < 1.29 is 33.0 Å². The molecule has 0 aromatic heterocycles. The third-order valence-corrected chi connectivity index (χ3v) is 5.88. The fourth-order valence-electron chi connectivity index (χ4n) is 3.04. The first-order valence-corrected chi connectivity index (χ1v) is 10.7. The quantitative estimate of drug-likeness (QED) is 0.470. The number of hydrogen-bond donors (Lipinski definition) is 3. The highest BCUT2D eigenvalue weighted by atomic mass is 35.5. The third kappa shape index (κ3) is 8.57. The van der Waals surface area contributed by atoms with Gasteiger partial charge in [-0.15, -0.1) is 0 Å². The lowest BCUT2D eigenvalue weighted by Crippen LogP contribution is -2.27. The molecule has 0 atom stereocenters. The van der Waals surface area contributed by atoms with Crippen molar-refractivity contribution in [3.8, 4) is 0 Å². The number of carboxylic acids is 2. The molecule has 0 saturated carbocycles. The van der Waals surface area contributed by atoms with Crippen molar-refractivity contribution in [2.75, 3.05) is 13.1 Å². The minimum atomic E-state index is -4.31. The summed E-state index contributed by atoms with van der Waals surface area (Å²) in [5.41, 5.74) is 0.225. The number of aliphatic carboxylic acids is 2. The second-order valence-electron chi connectivity index (χ2n) is 6.84. The van der Waals surface area contributed by atoms with Crippen LogP contribution >= 0.6 is 23.4 Å². The Kier molecular flexibility index (Phi) is 9.61. The van der Waals surface area contributed by atoms with Gasteiger partial charge < -0.3 is 15.5 Å². The van der Waals surface area contributed by atoms with Gasteiger partial charge in [-0.3, -0.25) is 0 Å². The van der Waals surface area contributed by atoms with Gasteiger partial charge in [-0.05, 0) is 79.9 Å². The van der Waals surface area contributed by atoms with E-state index in [0.29, 0.717) is 17.2 Å². The zero-order valence-electron chi connectivity index (χ0n) is 16.7. The summed E-state index contributed by atoms with van der Waals surface area (Å²) in [5, 5.41) is 19.5. The first kappa shape index (κ1) is 25.8. The van der Waals surface area contributed by atoms with Crippen LogP contribution in [0.3, 0.4) is 0 Å². The number of rotatable bonds is 5. The molecule has 1 aliphatic rings. The summed E-state index contributed by atoms with van der Waals surface area (Å²) >= 11 is 7.39. The van der Waals surface area contributed by atoms with Gasteiger partial charge >= 0.3 is 18.1 Å². The molecule has 0 amide bonds. The molecule has 0 radical (unpaired) electrons. The molecule has 3 rings (SSSR count). The monoisotopic (exact) mass is 487 g/mol. The maximum atomic E-state index is 13.1. The van der Waals surface area contributed by atoms with Gasteiger partial charge in [0.1, 0.15) is 0 Å². The van der Waals surface area contributed by atoms with Crippen LogP contribution in [0.1, 0.15) is 29.9 Å². The van der Waals surface area contributed by atoms with Crippen molar-refractivity contribution in [2.24, 2.45) is 0 Å². The maximum absolute atomic E-state index is 13.1. The van der Waals surface area contributed by atoms with Crippen LogP contribution in [0.5, 0.6) is 0 Å². The molecule has 32 heavy (non-hydrogen) atoms. The minimum absolute atomic E-state index is 0.156. The molecule has 2 aromatic rings. The average Bonchev–Trinajstić information content (AvgIpc) is 2.74. The Labute approximate surface area is 192 Å². The standard InChI is InChI=1S/C18H17ClF3NS.C4H4O4/c19-14-2-4-15(5-3-14)24-17-6-1-13(18(20,21)22)11-16(17)12-7-9-23-10-8-12;5-3(6)1-2-4(7)8/h1-6,11-12,23H,7-10H2;1-2H,(H,5,6)(H,7,8)/b;2-1+. The molecule has 10 heteroatoms. The molecule has 172 valence electrons. The number of halogens is 4. The minimum Gasteiger partial charge on any atom is -0.478 e. The lowest BCUT2D eigenvalue weighted by Gasteiger charge is -2.26. The molecular formula is C22H21ClF3NO4S. The first-order valence-electron chi connectivity index (χ1n) is 9.55. The molecule has 1 heterocycles. The Balaban J connectivity index is 0.000000390. The number of piperidine rings is 1. The number of carbonyl (C=O) groups is 2. The Bertz CT molecular complexity index is 943. The highest BCUT2D eigenvalue weighted by molar-refractivity contribution is 7.99. The van der Waals surface area contributed by atoms with E-state index in [0.717, 1.165) is 41.3 Å². The fourth-order valence-corrected chi connectivity index (χ4v) is 4.17. The molecule has 1 aliphatic heterocycles. The van der Waals surface area contributed by atoms with Crippen LogP contribution in [0, 0.1) is 0 Å². The number of carboxylic acid groups (broad SMARTS) is 2. The van der Waals surface area contributed by atoms with E-state index in [1.807, 2.05) is 12.1 Å². The van der Waals surface area contributed by atoms with E-state index < -0.39 is 23.7 Å². The van der Waals surface area contributed by atoms with Gasteiger partial charge in [-0.25, -0.2) is 9.59 Å². The molecule has 0 bridgehead atoms. The van der Waals surface area contributed by atoms with E-state index in [2.05, 4.69) is 5.32 Å². The van der Waals surface area contributed by atoms with Crippen LogP contribution in [0.2, 0.25) is 5.02 Å². The van der Waals surface area contributed by atoms with E-state index in [1.54, 1.807) is 18.2 Å². The van der Waals surface area contributed by atoms with Gasteiger partial charge in [-0.1, -0.05) is 23.4 Å². The first-order chi connectivity index (χ1) is 15.1. The molecular weight excluding hydrogens is 467 g/mol. The molecule has 1 saturated heterocycles. The summed E-state index contributed by atoms with van der Waals surface area (Å²) < 4.78 is 39.3. The number of nitrogens with one attached hydrogen (secondary N) is 1. The highest BCUT2D eigenvalue weighted by Crippen LogP contribution is 2.40. The van der Waals surface area contributed by atoms with Crippen molar-refractivity contribution in [2.45, 2.75) is 34.7 Å². The Hall–Kier alpha value is -2.49. The Morgan fingerprint density at radius 2 is 1.56 bits per heavy atom. The maximum Gasteiger partial charge on any atom is 0.416 e. The second-order valence-corrected chi connectivity index (χ2v) is 8.39. The van der Waals surface area contributed by atoms with Crippen LogP contribution in [0.25, 0.3) is 0 Å². The smallest absolute Gasteiger partial charge is 0.416 e. The van der Waals surface area contributed by atoms with Crippen LogP contribution in [0.4, 0.5) is 13.2 Å². The van der Waals surface area contributed by atoms with Crippen LogP contribution in [0.15, 0.2) is 64.4 Å². The van der Waals surface area contributed by atoms with E-state index in [1.165, 1.54) is 23.9 Å². The lowest BCUT2D eigenvalue weighted by atomic mass is 9.89. The molecule has 0 unspecified atom stereocenters. The topological polar surface area (TPSA) is 86.6 Å². The molecule has 3 N–H and O–H groups in total. The predicted octanol–water partition coefficient (Wildman–Crippen LogP) is 5.69. The van der Waals surface area contributed by atoms with Gasteiger partial charge in [0.05, 0.1) is 5.56 Å². The van der Waals surface area contributed by atoms with Gasteiger partial charge in [0.15, 0.2) is 0 Å². The largest absolute Gasteiger partial charge is 0.478 e. The second kappa shape index (κ2) is 11.9. The van der Waals surface area contributed by atoms with Gasteiger partial charge in [0.25, 0.3) is 0 Å². The van der Waals surface area contributed by atoms with Gasteiger partial charge in [-0.2, -0.15) is 13.2 Å². The van der Waals surface area contributed by atoms with Crippen LogP contribution < -0.4 is 5.32 Å². The predicted molar refractivity (Wildman–Crippen MR) is 116 cm³/mol. The zero-order valence-corrected chi connectivity index (χ0v) is 18.3. The highest BCUT2D eigenvalue weighted by Gasteiger charge is 2.32. The van der Waals surface area contributed by atoms with Crippen molar-refractivity contribution in [3.05, 3.63) is 70.8 Å². The normalized spacial score (nSPS) is 14.6. The van der Waals surface area contributed by atoms with E-state index in [-0.39, 0.29) is 5.92 Å². The molecule has 0 spiro atoms. The van der Waals surface area contributed by atoms with E-state index in [4.69, 9.17) is 21.8 Å². The summed E-state index contributed by atoms with van der Waals surface area (Å²) in [6.07, 6.45) is -1.49. The molecule has 1 fully saturated rings. The number of hydrogen-bond acceptors (Lipinski definition) is 4. The van der Waals surface area contributed by atoms with Crippen molar-refractivity contribution in [1.29, 1.82) is 0 Å². The molecule has 5 nitrogen and oxygen atoms in total. The summed E-state index contributed by atoms with van der Waals surface area (Å²) in [5.74, 6) is -2.36. The summed E-state index contributed by atoms with van der Waals surface area (Å²) in [6, 6.07) is 11.4. The van der Waals surface area contributed by atoms with Crippen LogP contribution in [-0.4, -0.2) is 35.2 Å². The van der Waals surface area contributed by atoms with Gasteiger partial charge in [0, 0.05) is 27.0 Å². The van der Waals surface area contributed by atoms with Crippen molar-refractivity contribution in [1.82, 2.24) is 5.32 Å².